The van der Waals surface area contributed by atoms with Crippen LogP contribution in [0.4, 0.5) is 0 Å². The number of hydrogen-bond acceptors (Lipinski definition) is 0. The highest BCUT2D eigenvalue weighted by atomic mass is 35.5. The second-order valence-electron chi connectivity index (χ2n) is 7.78. The fourth-order valence-corrected chi connectivity index (χ4v) is 5.81. The van der Waals surface area contributed by atoms with Gasteiger partial charge in [-0.2, -0.15) is 0 Å². The largest absolute Gasteiger partial charge is 0.281 e. The molecule has 0 atom stereocenters. The Morgan fingerprint density at radius 2 is 1.53 bits per heavy atom. The molecule has 4 fully saturated rings. The van der Waals surface area contributed by atoms with Gasteiger partial charge in [-0.1, -0.05) is 23.7 Å². The fourth-order valence-electron chi connectivity index (χ4n) is 5.57. The molecule has 19 heavy (non-hydrogen) atoms. The third-order valence-electron chi connectivity index (χ3n) is 5.50. The molecule has 0 spiro atoms. The van der Waals surface area contributed by atoms with Crippen molar-refractivity contribution in [2.45, 2.75) is 26.4 Å². The summed E-state index contributed by atoms with van der Waals surface area (Å²) in [6.45, 7) is 10.3. The van der Waals surface area contributed by atoms with Crippen LogP contribution in [0.1, 0.15) is 32.0 Å². The Balaban J connectivity index is 1.76. The van der Waals surface area contributed by atoms with E-state index in [1.165, 1.54) is 38.2 Å². The molecule has 0 aromatic heterocycles. The first-order valence-corrected chi connectivity index (χ1v) is 7.80. The van der Waals surface area contributed by atoms with Crippen LogP contribution in [-0.4, -0.2) is 26.2 Å². The Morgan fingerprint density at radius 1 is 1.00 bits per heavy atom. The van der Waals surface area contributed by atoms with E-state index >= 15 is 0 Å². The Labute approximate surface area is 120 Å². The Bertz CT molecular complexity index is 491. The summed E-state index contributed by atoms with van der Waals surface area (Å²) in [4.78, 5) is 3.52. The average molecular weight is 279 g/mol. The minimum Gasteiger partial charge on any atom is -0.281 e. The number of piperidine rings is 2. The molecule has 2 N–H and O–H groups in total. The molecule has 0 unspecified atom stereocenters. The minimum atomic E-state index is 0.549. The van der Waals surface area contributed by atoms with Gasteiger partial charge in [-0.05, 0) is 32.4 Å². The van der Waals surface area contributed by atoms with Crippen LogP contribution in [0.15, 0.2) is 24.3 Å². The van der Waals surface area contributed by atoms with Crippen molar-refractivity contribution in [1.29, 1.82) is 0 Å². The van der Waals surface area contributed by atoms with E-state index in [1.54, 1.807) is 9.80 Å². The Hall–Kier alpha value is -0.570. The molecule has 4 saturated heterocycles. The molecule has 4 aliphatic heterocycles. The zero-order chi connectivity index (χ0) is 13.3. The maximum absolute atomic E-state index is 6.46. The van der Waals surface area contributed by atoms with E-state index in [2.05, 4.69) is 26.0 Å². The molecule has 3 heteroatoms. The molecule has 102 valence electrons. The third-order valence-corrected chi connectivity index (χ3v) is 5.85. The van der Waals surface area contributed by atoms with Gasteiger partial charge in [0.25, 0.3) is 0 Å². The van der Waals surface area contributed by atoms with Crippen LogP contribution < -0.4 is 9.80 Å². The maximum Gasteiger partial charge on any atom is 0.241 e. The van der Waals surface area contributed by atoms with Crippen molar-refractivity contribution >= 4 is 11.6 Å². The summed E-state index contributed by atoms with van der Waals surface area (Å²) < 4.78 is 0. The SMILES string of the molecule is CC12C[NH+]3CC(C)(C[NH+](C1)C3c1ccccc1Cl)C2. The van der Waals surface area contributed by atoms with Gasteiger partial charge < -0.3 is 0 Å². The van der Waals surface area contributed by atoms with Crippen LogP contribution in [0, 0.1) is 10.8 Å². The molecule has 4 heterocycles. The van der Waals surface area contributed by atoms with Crippen LogP contribution in [0.5, 0.6) is 0 Å². The molecule has 4 bridgehead atoms. The normalized spacial score (nSPS) is 47.6. The van der Waals surface area contributed by atoms with Gasteiger partial charge in [-0.15, -0.1) is 0 Å². The minimum absolute atomic E-state index is 0.549. The predicted molar refractivity (Wildman–Crippen MR) is 76.4 cm³/mol. The standard InChI is InChI=1S/C16H21ClN2/c1-15-7-16(2)10-18(8-15)14(19(9-15)11-16)12-5-3-4-6-13(12)17/h3-6,14H,7-11H2,1-2H3/p+2. The summed E-state index contributed by atoms with van der Waals surface area (Å²) in [6, 6.07) is 8.46. The van der Waals surface area contributed by atoms with Gasteiger partial charge in [0.2, 0.25) is 6.17 Å². The lowest BCUT2D eigenvalue weighted by Crippen LogP contribution is -3.40. The number of halogens is 1. The van der Waals surface area contributed by atoms with E-state index in [4.69, 9.17) is 11.6 Å². The second kappa shape index (κ2) is 3.75. The molecular formula is C16H23ClN2+2. The van der Waals surface area contributed by atoms with Gasteiger partial charge in [-0.3, -0.25) is 9.80 Å². The van der Waals surface area contributed by atoms with Crippen LogP contribution in [0.2, 0.25) is 5.02 Å². The van der Waals surface area contributed by atoms with E-state index in [-0.39, 0.29) is 0 Å². The van der Waals surface area contributed by atoms with E-state index in [0.717, 1.165) is 5.02 Å². The quantitative estimate of drug-likeness (QED) is 0.743. The topological polar surface area (TPSA) is 8.88 Å². The van der Waals surface area contributed by atoms with Crippen molar-refractivity contribution in [2.24, 2.45) is 10.8 Å². The molecule has 0 amide bonds. The molecular weight excluding hydrogens is 256 g/mol. The van der Waals surface area contributed by atoms with E-state index in [9.17, 15) is 0 Å². The van der Waals surface area contributed by atoms with E-state index < -0.39 is 0 Å². The summed E-state index contributed by atoms with van der Waals surface area (Å²) in [5, 5.41) is 0.954. The van der Waals surface area contributed by atoms with E-state index in [1.807, 2.05) is 12.1 Å². The Morgan fingerprint density at radius 3 is 2.05 bits per heavy atom. The highest BCUT2D eigenvalue weighted by Crippen LogP contribution is 2.39. The number of quaternary nitrogens is 2. The van der Waals surface area contributed by atoms with Gasteiger partial charge >= 0.3 is 0 Å². The first-order chi connectivity index (χ1) is 8.98. The van der Waals surface area contributed by atoms with Gasteiger partial charge in [0.15, 0.2) is 0 Å². The molecule has 1 aromatic carbocycles. The monoisotopic (exact) mass is 278 g/mol. The molecule has 1 aromatic rings. The first-order valence-electron chi connectivity index (χ1n) is 7.42. The average Bonchev–Trinajstić information content (AvgIpc) is 2.27. The van der Waals surface area contributed by atoms with Crippen molar-refractivity contribution in [1.82, 2.24) is 0 Å². The Kier molecular flexibility index (Phi) is 2.41. The molecule has 0 radical (unpaired) electrons. The first kappa shape index (κ1) is 12.2. The maximum atomic E-state index is 6.46. The molecule has 5 rings (SSSR count). The summed E-state index contributed by atoms with van der Waals surface area (Å²) in [5.74, 6) is 0. The van der Waals surface area contributed by atoms with Crippen molar-refractivity contribution in [3.8, 4) is 0 Å². The van der Waals surface area contributed by atoms with E-state index in [0.29, 0.717) is 17.0 Å². The van der Waals surface area contributed by atoms with Crippen molar-refractivity contribution in [2.75, 3.05) is 26.2 Å². The number of nitrogens with one attached hydrogen (secondary N) is 2. The van der Waals surface area contributed by atoms with Crippen LogP contribution >= 0.6 is 11.6 Å². The molecule has 4 aliphatic rings. The third kappa shape index (κ3) is 1.77. The van der Waals surface area contributed by atoms with Gasteiger partial charge in [0, 0.05) is 0 Å². The molecule has 2 nitrogen and oxygen atoms in total. The second-order valence-corrected chi connectivity index (χ2v) is 8.18. The van der Waals surface area contributed by atoms with Crippen molar-refractivity contribution in [3.63, 3.8) is 0 Å². The predicted octanol–water partition coefficient (Wildman–Crippen LogP) is 0.552. The lowest BCUT2D eigenvalue weighted by molar-refractivity contribution is -1.18. The zero-order valence-electron chi connectivity index (χ0n) is 11.8. The highest BCUT2D eigenvalue weighted by molar-refractivity contribution is 6.31. The summed E-state index contributed by atoms with van der Waals surface area (Å²) in [7, 11) is 0. The van der Waals surface area contributed by atoms with Gasteiger partial charge in [0.05, 0.1) is 47.6 Å². The molecule has 0 saturated carbocycles. The van der Waals surface area contributed by atoms with Crippen LogP contribution in [-0.2, 0) is 0 Å². The van der Waals surface area contributed by atoms with Gasteiger partial charge in [-0.25, -0.2) is 0 Å². The fraction of sp³-hybridized carbons (Fsp3) is 0.625. The number of benzene rings is 1. The highest BCUT2D eigenvalue weighted by Gasteiger charge is 2.62. The smallest absolute Gasteiger partial charge is 0.241 e. The number of hydrogen-bond donors (Lipinski definition) is 2. The zero-order valence-corrected chi connectivity index (χ0v) is 12.6. The van der Waals surface area contributed by atoms with Crippen LogP contribution in [0.25, 0.3) is 0 Å². The van der Waals surface area contributed by atoms with Crippen molar-refractivity contribution < 1.29 is 9.80 Å². The number of rotatable bonds is 1. The lowest BCUT2D eigenvalue weighted by Gasteiger charge is -2.60. The lowest BCUT2D eigenvalue weighted by atomic mass is 9.63. The van der Waals surface area contributed by atoms with Crippen molar-refractivity contribution in [3.05, 3.63) is 34.9 Å². The summed E-state index contributed by atoms with van der Waals surface area (Å²) in [5.41, 5.74) is 2.46. The molecule has 0 aliphatic carbocycles. The summed E-state index contributed by atoms with van der Waals surface area (Å²) >= 11 is 6.46. The van der Waals surface area contributed by atoms with Crippen LogP contribution in [0.3, 0.4) is 0 Å². The van der Waals surface area contributed by atoms with Gasteiger partial charge in [0.1, 0.15) is 0 Å². The summed E-state index contributed by atoms with van der Waals surface area (Å²) in [6.07, 6.45) is 1.98.